The van der Waals surface area contributed by atoms with Crippen LogP contribution in [0.15, 0.2) is 30.6 Å². The van der Waals surface area contributed by atoms with Crippen molar-refractivity contribution in [2.24, 2.45) is 5.92 Å². The summed E-state index contributed by atoms with van der Waals surface area (Å²) < 4.78 is 10.7. The van der Waals surface area contributed by atoms with Gasteiger partial charge in [0.25, 0.3) is 5.91 Å². The number of pyridine rings is 2. The van der Waals surface area contributed by atoms with E-state index in [1.165, 1.54) is 6.20 Å². The second-order valence-corrected chi connectivity index (χ2v) is 6.03. The van der Waals surface area contributed by atoms with E-state index in [9.17, 15) is 4.79 Å². The molecule has 1 aliphatic rings. The third-order valence-corrected chi connectivity index (χ3v) is 4.02. The molecule has 2 aromatic heterocycles. The molecule has 0 aliphatic heterocycles. The molecular weight excluding hydrogens is 330 g/mol. The molecule has 126 valence electrons. The Labute approximate surface area is 145 Å². The highest BCUT2D eigenvalue weighted by Gasteiger charge is 2.24. The van der Waals surface area contributed by atoms with E-state index in [-0.39, 0.29) is 17.4 Å². The summed E-state index contributed by atoms with van der Waals surface area (Å²) >= 11 is 6.17. The van der Waals surface area contributed by atoms with Crippen LogP contribution in [0.25, 0.3) is 0 Å². The quantitative estimate of drug-likeness (QED) is 0.833. The number of hydrogen-bond acceptors (Lipinski definition) is 5. The second-order valence-electron chi connectivity index (χ2n) is 5.62. The number of halogens is 1. The van der Waals surface area contributed by atoms with Crippen LogP contribution < -0.4 is 14.8 Å². The SMILES string of the molecule is COc1ccc(CNC(=O)c2c(Cl)ccnc2OCC2CC2)cn1. The van der Waals surface area contributed by atoms with Crippen molar-refractivity contribution in [1.82, 2.24) is 15.3 Å². The Hall–Kier alpha value is -2.34. The molecule has 6 nitrogen and oxygen atoms in total. The van der Waals surface area contributed by atoms with Gasteiger partial charge >= 0.3 is 0 Å². The van der Waals surface area contributed by atoms with Gasteiger partial charge in [-0.3, -0.25) is 4.79 Å². The number of carbonyl (C=O) groups is 1. The summed E-state index contributed by atoms with van der Waals surface area (Å²) in [6.07, 6.45) is 5.50. The number of methoxy groups -OCH3 is 1. The molecule has 3 rings (SSSR count). The van der Waals surface area contributed by atoms with Gasteiger partial charge in [-0.2, -0.15) is 0 Å². The summed E-state index contributed by atoms with van der Waals surface area (Å²) in [5.74, 6) is 1.04. The van der Waals surface area contributed by atoms with Crippen molar-refractivity contribution in [3.05, 3.63) is 46.7 Å². The number of aromatic nitrogens is 2. The molecule has 1 N–H and O–H groups in total. The highest BCUT2D eigenvalue weighted by molar-refractivity contribution is 6.34. The lowest BCUT2D eigenvalue weighted by atomic mass is 10.2. The average molecular weight is 348 g/mol. The minimum atomic E-state index is -0.324. The Morgan fingerprint density at radius 1 is 1.33 bits per heavy atom. The summed E-state index contributed by atoms with van der Waals surface area (Å²) in [4.78, 5) is 20.7. The first kappa shape index (κ1) is 16.5. The van der Waals surface area contributed by atoms with E-state index in [1.54, 1.807) is 25.4 Å². The number of carbonyl (C=O) groups excluding carboxylic acids is 1. The van der Waals surface area contributed by atoms with Crippen LogP contribution in [0.2, 0.25) is 5.02 Å². The number of rotatable bonds is 7. The molecule has 1 fully saturated rings. The van der Waals surface area contributed by atoms with Crippen molar-refractivity contribution in [1.29, 1.82) is 0 Å². The Morgan fingerprint density at radius 3 is 2.83 bits per heavy atom. The summed E-state index contributed by atoms with van der Waals surface area (Å²) in [5, 5.41) is 3.13. The number of amides is 1. The number of ether oxygens (including phenoxy) is 2. The average Bonchev–Trinajstić information content (AvgIpc) is 3.42. The molecule has 1 saturated carbocycles. The molecule has 24 heavy (non-hydrogen) atoms. The molecule has 0 atom stereocenters. The van der Waals surface area contributed by atoms with E-state index in [0.717, 1.165) is 18.4 Å². The second kappa shape index (κ2) is 7.49. The highest BCUT2D eigenvalue weighted by Crippen LogP contribution is 2.31. The molecule has 0 aromatic carbocycles. The van der Waals surface area contributed by atoms with Crippen LogP contribution in [0.1, 0.15) is 28.8 Å². The van der Waals surface area contributed by atoms with Crippen molar-refractivity contribution in [2.75, 3.05) is 13.7 Å². The van der Waals surface area contributed by atoms with Crippen LogP contribution in [0.3, 0.4) is 0 Å². The lowest BCUT2D eigenvalue weighted by Gasteiger charge is -2.12. The minimum Gasteiger partial charge on any atom is -0.481 e. The molecule has 0 radical (unpaired) electrons. The van der Waals surface area contributed by atoms with E-state index in [1.807, 2.05) is 6.07 Å². The Kier molecular flexibility index (Phi) is 5.15. The zero-order valence-corrected chi connectivity index (χ0v) is 14.0. The number of nitrogens with zero attached hydrogens (tertiary/aromatic N) is 2. The summed E-state index contributed by atoms with van der Waals surface area (Å²) in [5.41, 5.74) is 1.12. The summed E-state index contributed by atoms with van der Waals surface area (Å²) in [7, 11) is 1.55. The van der Waals surface area contributed by atoms with Crippen LogP contribution in [0, 0.1) is 5.92 Å². The van der Waals surface area contributed by atoms with Gasteiger partial charge in [-0.1, -0.05) is 17.7 Å². The van der Waals surface area contributed by atoms with Crippen LogP contribution in [0.4, 0.5) is 0 Å². The lowest BCUT2D eigenvalue weighted by molar-refractivity contribution is 0.0945. The Bertz CT molecular complexity index is 718. The fourth-order valence-electron chi connectivity index (χ4n) is 2.12. The molecule has 1 aliphatic carbocycles. The van der Waals surface area contributed by atoms with Crippen LogP contribution >= 0.6 is 11.6 Å². The van der Waals surface area contributed by atoms with Crippen LogP contribution in [0.5, 0.6) is 11.8 Å². The monoisotopic (exact) mass is 347 g/mol. The van der Waals surface area contributed by atoms with E-state index in [2.05, 4.69) is 15.3 Å². The maximum absolute atomic E-state index is 12.5. The number of hydrogen-bond donors (Lipinski definition) is 1. The lowest BCUT2D eigenvalue weighted by Crippen LogP contribution is -2.24. The summed E-state index contributed by atoms with van der Waals surface area (Å²) in [6.45, 7) is 0.888. The van der Waals surface area contributed by atoms with Crippen molar-refractivity contribution < 1.29 is 14.3 Å². The van der Waals surface area contributed by atoms with Crippen molar-refractivity contribution in [3.63, 3.8) is 0 Å². The fraction of sp³-hybridized carbons (Fsp3) is 0.353. The predicted octanol–water partition coefficient (Wildman–Crippen LogP) is 2.86. The first-order valence-corrected chi connectivity index (χ1v) is 8.09. The van der Waals surface area contributed by atoms with Crippen molar-refractivity contribution in [3.8, 4) is 11.8 Å². The first-order chi connectivity index (χ1) is 11.7. The molecule has 7 heteroatoms. The van der Waals surface area contributed by atoms with Crippen LogP contribution in [-0.2, 0) is 6.54 Å². The minimum absolute atomic E-state index is 0.265. The molecule has 2 aromatic rings. The van der Waals surface area contributed by atoms with Crippen molar-refractivity contribution in [2.45, 2.75) is 19.4 Å². The summed E-state index contributed by atoms with van der Waals surface area (Å²) in [6, 6.07) is 5.15. The topological polar surface area (TPSA) is 73.3 Å². The molecule has 0 spiro atoms. The fourth-order valence-corrected chi connectivity index (χ4v) is 2.35. The van der Waals surface area contributed by atoms with E-state index >= 15 is 0 Å². The van der Waals surface area contributed by atoms with Crippen LogP contribution in [-0.4, -0.2) is 29.6 Å². The molecule has 0 bridgehead atoms. The van der Waals surface area contributed by atoms with Gasteiger partial charge in [0.1, 0.15) is 5.56 Å². The van der Waals surface area contributed by atoms with E-state index in [0.29, 0.717) is 30.0 Å². The van der Waals surface area contributed by atoms with Gasteiger partial charge in [-0.15, -0.1) is 0 Å². The largest absolute Gasteiger partial charge is 0.481 e. The Balaban J connectivity index is 1.66. The van der Waals surface area contributed by atoms with Crippen molar-refractivity contribution >= 4 is 17.5 Å². The zero-order chi connectivity index (χ0) is 16.9. The van der Waals surface area contributed by atoms with Gasteiger partial charge in [0.05, 0.1) is 18.7 Å². The van der Waals surface area contributed by atoms with Gasteiger partial charge in [0, 0.05) is 25.0 Å². The smallest absolute Gasteiger partial charge is 0.258 e. The molecule has 1 amide bonds. The van der Waals surface area contributed by atoms with Gasteiger partial charge in [0.15, 0.2) is 0 Å². The maximum atomic E-state index is 12.5. The standard InChI is InChI=1S/C17H18ClN3O3/c1-23-14-5-4-12(8-20-14)9-21-16(22)15-13(18)6-7-19-17(15)24-10-11-2-3-11/h4-8,11H,2-3,9-10H2,1H3,(H,21,22). The van der Waals surface area contributed by atoms with E-state index in [4.69, 9.17) is 21.1 Å². The third kappa shape index (κ3) is 4.14. The molecule has 0 unspecified atom stereocenters. The number of nitrogens with one attached hydrogen (secondary N) is 1. The van der Waals surface area contributed by atoms with Gasteiger partial charge in [-0.25, -0.2) is 9.97 Å². The molecular formula is C17H18ClN3O3. The first-order valence-electron chi connectivity index (χ1n) is 7.72. The third-order valence-electron chi connectivity index (χ3n) is 3.70. The van der Waals surface area contributed by atoms with Gasteiger partial charge in [0.2, 0.25) is 11.8 Å². The van der Waals surface area contributed by atoms with E-state index < -0.39 is 0 Å². The molecule has 0 saturated heterocycles. The zero-order valence-electron chi connectivity index (χ0n) is 13.3. The molecule has 2 heterocycles. The predicted molar refractivity (Wildman–Crippen MR) is 89.4 cm³/mol. The normalized spacial score (nSPS) is 13.4. The maximum Gasteiger partial charge on any atom is 0.258 e. The van der Waals surface area contributed by atoms with Gasteiger partial charge in [-0.05, 0) is 30.4 Å². The van der Waals surface area contributed by atoms with Gasteiger partial charge < -0.3 is 14.8 Å². The Morgan fingerprint density at radius 2 is 2.17 bits per heavy atom. The highest BCUT2D eigenvalue weighted by atomic mass is 35.5.